The van der Waals surface area contributed by atoms with Gasteiger partial charge in [0.05, 0.1) is 16.7 Å². The molecule has 3 unspecified atom stereocenters. The Morgan fingerprint density at radius 2 is 0.627 bits per heavy atom. The van der Waals surface area contributed by atoms with Crippen LogP contribution in [-0.4, -0.2) is 204 Å². The molecule has 684 valence electrons. The van der Waals surface area contributed by atoms with Crippen molar-refractivity contribution in [1.82, 2.24) is 44.1 Å². The van der Waals surface area contributed by atoms with Crippen molar-refractivity contribution >= 4 is 118 Å². The van der Waals surface area contributed by atoms with Crippen LogP contribution in [0.25, 0.3) is 0 Å². The number of carbonyl (C=O) groups is 6. The van der Waals surface area contributed by atoms with Crippen molar-refractivity contribution in [2.45, 2.75) is 250 Å². The fourth-order valence-electron chi connectivity index (χ4n) is 17.9. The van der Waals surface area contributed by atoms with E-state index in [2.05, 4.69) is 164 Å². The zero-order chi connectivity index (χ0) is 90.9. The molecule has 6 aromatic rings. The Balaban J connectivity index is 0.000000162. The van der Waals surface area contributed by atoms with Gasteiger partial charge >= 0.3 is 0 Å². The molecule has 0 radical (unpaired) electrons. The molecule has 36 heteroatoms. The van der Waals surface area contributed by atoms with Gasteiger partial charge in [0.1, 0.15) is 70.7 Å². The highest BCUT2D eigenvalue weighted by atomic mass is 32.2. The number of pyridine rings is 6. The fourth-order valence-corrected chi connectivity index (χ4v) is 20.7. The van der Waals surface area contributed by atoms with E-state index in [1.807, 2.05) is 0 Å². The summed E-state index contributed by atoms with van der Waals surface area (Å²) in [5, 5.41) is 8.87. The number of anilines is 9. The van der Waals surface area contributed by atoms with Gasteiger partial charge in [0.2, 0.25) is 0 Å². The maximum absolute atomic E-state index is 13.6. The van der Waals surface area contributed by atoms with Gasteiger partial charge in [-0.3, -0.25) is 43.5 Å². The van der Waals surface area contributed by atoms with E-state index in [0.717, 1.165) is 77.0 Å². The molecule has 6 fully saturated rings. The summed E-state index contributed by atoms with van der Waals surface area (Å²) in [5.41, 5.74) is -0.310. The zero-order valence-electron chi connectivity index (χ0n) is 75.4. The third-order valence-electron chi connectivity index (χ3n) is 24.7. The largest absolute Gasteiger partial charge is 0.370 e. The lowest BCUT2D eigenvalue weighted by Gasteiger charge is -2.34. The Bertz CT molecular complexity index is 4880. The highest BCUT2D eigenvalue weighted by molar-refractivity contribution is 7.90. The molecule has 9 aliphatic heterocycles. The second-order valence-corrected chi connectivity index (χ2v) is 44.9. The average molecular weight is 1800 g/mol. The lowest BCUT2D eigenvalue weighted by Crippen LogP contribution is -2.41. The highest BCUT2D eigenvalue weighted by Gasteiger charge is 2.47. The maximum Gasteiger partial charge on any atom is 0.281 e. The molecule has 6 N–H and O–H groups in total. The molecule has 6 amide bonds. The first-order chi connectivity index (χ1) is 59.2. The molecular formula is C90H126N18O15S3. The number of nitrogens with one attached hydrogen (secondary N) is 6. The van der Waals surface area contributed by atoms with E-state index in [1.54, 1.807) is 87.5 Å². The Morgan fingerprint density at radius 3 is 0.881 bits per heavy atom. The quantitative estimate of drug-likeness (QED) is 0.0662. The Labute approximate surface area is 741 Å². The number of ether oxygens (including phenoxy) is 3. The van der Waals surface area contributed by atoms with Crippen molar-refractivity contribution in [3.8, 4) is 0 Å². The number of carbonyl (C=O) groups excluding carboxylic acids is 6. The van der Waals surface area contributed by atoms with E-state index in [1.165, 1.54) is 18.2 Å². The van der Waals surface area contributed by atoms with Gasteiger partial charge in [-0.05, 0) is 225 Å². The van der Waals surface area contributed by atoms with Crippen LogP contribution in [0.4, 0.5) is 52.4 Å². The summed E-state index contributed by atoms with van der Waals surface area (Å²) >= 11 is 0. The van der Waals surface area contributed by atoms with Crippen LogP contribution in [0.1, 0.15) is 231 Å². The average Bonchev–Trinajstić information content (AvgIpc) is 1.59. The molecule has 9 aliphatic rings. The van der Waals surface area contributed by atoms with Gasteiger partial charge in [-0.2, -0.15) is 25.3 Å². The minimum atomic E-state index is -4.25. The van der Waals surface area contributed by atoms with Crippen molar-refractivity contribution in [1.29, 1.82) is 0 Å². The summed E-state index contributed by atoms with van der Waals surface area (Å²) in [6, 6.07) is 23.5. The molecule has 33 nitrogen and oxygen atoms in total. The number of amides is 6. The van der Waals surface area contributed by atoms with Crippen LogP contribution in [0, 0.1) is 34.0 Å². The molecule has 15 rings (SSSR count). The van der Waals surface area contributed by atoms with E-state index in [4.69, 9.17) is 29.2 Å². The molecule has 15 heterocycles. The molecule has 0 aromatic carbocycles. The van der Waals surface area contributed by atoms with E-state index in [-0.39, 0.29) is 82.4 Å². The van der Waals surface area contributed by atoms with Crippen LogP contribution in [0.15, 0.2) is 106 Å². The molecule has 12 bridgehead atoms. The van der Waals surface area contributed by atoms with Crippen molar-refractivity contribution in [2.75, 3.05) is 124 Å². The molecular weight excluding hydrogens is 1670 g/mol. The predicted molar refractivity (Wildman–Crippen MR) is 483 cm³/mol. The number of fused-ring (bicyclic) bond motifs is 18. The molecule has 0 aliphatic carbocycles. The van der Waals surface area contributed by atoms with E-state index in [0.29, 0.717) is 168 Å². The fraction of sp³-hybridized carbons (Fsp3) is 0.600. The summed E-state index contributed by atoms with van der Waals surface area (Å²) < 4.78 is 104. The van der Waals surface area contributed by atoms with Gasteiger partial charge in [0.25, 0.3) is 65.5 Å². The van der Waals surface area contributed by atoms with Crippen LogP contribution in [-0.2, 0) is 58.7 Å². The molecule has 126 heavy (non-hydrogen) atoms. The molecule has 6 saturated heterocycles. The summed E-state index contributed by atoms with van der Waals surface area (Å²) in [6.45, 7) is 38.6. The lowest BCUT2D eigenvalue weighted by molar-refractivity contribution is -0.128. The van der Waals surface area contributed by atoms with Crippen molar-refractivity contribution in [3.05, 3.63) is 108 Å². The number of aromatic nitrogens is 6. The minimum Gasteiger partial charge on any atom is -0.370 e. The Morgan fingerprint density at radius 1 is 0.365 bits per heavy atom. The first-order valence-electron chi connectivity index (χ1n) is 44.2. The van der Waals surface area contributed by atoms with Crippen LogP contribution in [0.2, 0.25) is 0 Å². The van der Waals surface area contributed by atoms with Crippen LogP contribution in [0.5, 0.6) is 0 Å². The first kappa shape index (κ1) is 93.9. The normalized spacial score (nSPS) is 23.9. The van der Waals surface area contributed by atoms with Crippen LogP contribution < -0.4 is 59.5 Å². The van der Waals surface area contributed by atoms with Gasteiger partial charge in [-0.25, -0.2) is 44.1 Å². The van der Waals surface area contributed by atoms with Gasteiger partial charge in [-0.15, -0.1) is 0 Å². The van der Waals surface area contributed by atoms with E-state index < -0.39 is 66.1 Å². The maximum atomic E-state index is 13.6. The Hall–Kier alpha value is -9.75. The summed E-state index contributed by atoms with van der Waals surface area (Å²) in [4.78, 5) is 119. The highest BCUT2D eigenvalue weighted by Crippen LogP contribution is 2.45. The monoisotopic (exact) mass is 1790 g/mol. The van der Waals surface area contributed by atoms with Crippen molar-refractivity contribution < 1.29 is 68.2 Å². The third kappa shape index (κ3) is 22.7. The van der Waals surface area contributed by atoms with Crippen molar-refractivity contribution in [3.63, 3.8) is 0 Å². The first-order valence-corrected chi connectivity index (χ1v) is 48.6. The zero-order valence-corrected chi connectivity index (χ0v) is 77.9. The molecule has 0 saturated carbocycles. The number of hydrogen-bond donors (Lipinski definition) is 6. The topological polar surface area (TPSA) is 401 Å². The van der Waals surface area contributed by atoms with Crippen LogP contribution >= 0.6 is 0 Å². The second kappa shape index (κ2) is 37.5. The Kier molecular flexibility index (Phi) is 28.0. The van der Waals surface area contributed by atoms with E-state index in [9.17, 15) is 54.0 Å². The van der Waals surface area contributed by atoms with Gasteiger partial charge in [0, 0.05) is 115 Å². The smallest absolute Gasteiger partial charge is 0.281 e. The van der Waals surface area contributed by atoms with Gasteiger partial charge in [-0.1, -0.05) is 80.5 Å². The molecule has 6 aromatic heterocycles. The predicted octanol–water partition coefficient (Wildman–Crippen LogP) is 11.9. The SMILES string of the molecule is CC(C)(C)CCOC1CCN(c2ccc3c(n2)N2C[C@@H](CCCNc4cccc(n4)S(=O)(=O)NC3=O)CC2(C)C)C1=O.CC(C)(C)CCOC1CCN(c2ccc3c(n2)N2C[C@@H](CCCNc4cccc(n4)S(=O)(=O)NC3=O)CC2(C)C)C1=O.CC(C)(C)CCOC1CCN(c2ccc3c(n2)N2C[C@@H](CCCNc4cccc(n4)S(=O)(=O)NC3=O)CC2(C)C)C1=O. The third-order valence-corrected chi connectivity index (χ3v) is 28.4. The van der Waals surface area contributed by atoms with E-state index >= 15 is 0 Å². The second-order valence-electron chi connectivity index (χ2n) is 40.0. The van der Waals surface area contributed by atoms with Crippen LogP contribution in [0.3, 0.4) is 0 Å². The standard InChI is InChI=1S/3C30H42N6O5S/c3*1-29(2,3)14-17-41-22-13-16-35(28(22)38)24-12-11-21-26(33-24)36-19-20(18-30(36,4)5)8-7-15-31-23-9-6-10-25(32-23)42(39,40)34-27(21)37/h3*6,9-12,20,22H,7-8,13-19H2,1-5H3,(H,31,32)(H,34,37)/t3*20-,22?/m000/s1. The number of hydrogen-bond acceptors (Lipinski definition) is 27. The summed E-state index contributed by atoms with van der Waals surface area (Å²) in [7, 11) is -12.8. The number of sulfonamides is 3. The molecule has 0 spiro atoms. The van der Waals surface area contributed by atoms with Gasteiger partial charge < -0.3 is 44.9 Å². The van der Waals surface area contributed by atoms with Crippen molar-refractivity contribution in [2.24, 2.45) is 34.0 Å². The lowest BCUT2D eigenvalue weighted by atomic mass is 9.93. The summed E-state index contributed by atoms with van der Waals surface area (Å²) in [5.74, 6) is 1.90. The number of nitrogens with zero attached hydrogens (tertiary/aromatic N) is 12. The summed E-state index contributed by atoms with van der Waals surface area (Å²) in [6.07, 6.45) is 10.7. The molecule has 6 atom stereocenters. The number of rotatable bonds is 12. The van der Waals surface area contributed by atoms with Gasteiger partial charge in [0.15, 0.2) is 15.1 Å². The minimum absolute atomic E-state index is 0.106.